The zero-order valence-electron chi connectivity index (χ0n) is 13.2. The number of piperidine rings is 1. The minimum atomic E-state index is -0.429. The van der Waals surface area contributed by atoms with E-state index in [1.165, 1.54) is 0 Å². The Morgan fingerprint density at radius 1 is 1.41 bits per heavy atom. The standard InChI is InChI=1S/C16H24N4O2/c1-3-13(17)16(22)20-8-6-12(7-9-20)15(21)19-14-5-4-11(2)10-18-14/h4-5,10,12-13H,3,6-9,17H2,1-2H3,(H,18,19,21)/t13-/m0/s1. The zero-order valence-corrected chi connectivity index (χ0v) is 13.2. The van der Waals surface area contributed by atoms with Crippen molar-refractivity contribution >= 4 is 17.6 Å². The number of pyridine rings is 1. The molecule has 0 aliphatic carbocycles. The summed E-state index contributed by atoms with van der Waals surface area (Å²) >= 11 is 0. The number of nitrogens with one attached hydrogen (secondary N) is 1. The molecule has 1 saturated heterocycles. The Balaban J connectivity index is 1.84. The number of nitrogens with two attached hydrogens (primary N) is 1. The summed E-state index contributed by atoms with van der Waals surface area (Å²) in [5.74, 6) is 0.455. The lowest BCUT2D eigenvalue weighted by atomic mass is 9.95. The summed E-state index contributed by atoms with van der Waals surface area (Å²) in [5, 5.41) is 2.84. The second-order valence-corrected chi connectivity index (χ2v) is 5.82. The van der Waals surface area contributed by atoms with Crippen LogP contribution in [0.5, 0.6) is 0 Å². The van der Waals surface area contributed by atoms with Crippen LogP contribution in [0.3, 0.4) is 0 Å². The van der Waals surface area contributed by atoms with E-state index in [4.69, 9.17) is 5.73 Å². The van der Waals surface area contributed by atoms with Crippen molar-refractivity contribution in [1.29, 1.82) is 0 Å². The third-order valence-corrected chi connectivity index (χ3v) is 4.10. The van der Waals surface area contributed by atoms with E-state index in [1.54, 1.807) is 17.2 Å². The quantitative estimate of drug-likeness (QED) is 0.877. The normalized spacial score (nSPS) is 17.1. The van der Waals surface area contributed by atoms with Gasteiger partial charge in [0.1, 0.15) is 5.82 Å². The van der Waals surface area contributed by atoms with E-state index >= 15 is 0 Å². The summed E-state index contributed by atoms with van der Waals surface area (Å²) in [6.45, 7) is 5.03. The minimum absolute atomic E-state index is 0.0124. The first-order chi connectivity index (χ1) is 10.5. The molecule has 0 saturated carbocycles. The molecule has 1 atom stereocenters. The van der Waals surface area contributed by atoms with Gasteiger partial charge in [-0.15, -0.1) is 0 Å². The highest BCUT2D eigenvalue weighted by Crippen LogP contribution is 2.19. The molecule has 1 fully saturated rings. The fourth-order valence-corrected chi connectivity index (χ4v) is 2.54. The zero-order chi connectivity index (χ0) is 16.1. The van der Waals surface area contributed by atoms with Crippen molar-refractivity contribution in [2.45, 2.75) is 39.2 Å². The molecule has 2 amide bonds. The monoisotopic (exact) mass is 304 g/mol. The lowest BCUT2D eigenvalue weighted by Gasteiger charge is -2.32. The molecule has 6 heteroatoms. The van der Waals surface area contributed by atoms with E-state index in [-0.39, 0.29) is 17.7 Å². The molecular formula is C16H24N4O2. The summed E-state index contributed by atoms with van der Waals surface area (Å²) < 4.78 is 0. The number of amides is 2. The topological polar surface area (TPSA) is 88.3 Å². The van der Waals surface area contributed by atoms with E-state index in [1.807, 2.05) is 19.9 Å². The van der Waals surface area contributed by atoms with E-state index in [0.29, 0.717) is 38.2 Å². The highest BCUT2D eigenvalue weighted by atomic mass is 16.2. The summed E-state index contributed by atoms with van der Waals surface area (Å²) in [4.78, 5) is 30.2. The molecule has 6 nitrogen and oxygen atoms in total. The van der Waals surface area contributed by atoms with Crippen LogP contribution >= 0.6 is 0 Å². The number of carbonyl (C=O) groups excluding carboxylic acids is 2. The van der Waals surface area contributed by atoms with Crippen molar-refractivity contribution in [1.82, 2.24) is 9.88 Å². The number of nitrogens with zero attached hydrogens (tertiary/aromatic N) is 2. The smallest absolute Gasteiger partial charge is 0.239 e. The second kappa shape index (κ2) is 7.35. The van der Waals surface area contributed by atoms with E-state index in [0.717, 1.165) is 5.56 Å². The SMILES string of the molecule is CC[C@H](N)C(=O)N1CCC(C(=O)Nc2ccc(C)cn2)CC1. The molecule has 22 heavy (non-hydrogen) atoms. The van der Waals surface area contributed by atoms with Gasteiger partial charge in [0.2, 0.25) is 11.8 Å². The molecular weight excluding hydrogens is 280 g/mol. The average molecular weight is 304 g/mol. The van der Waals surface area contributed by atoms with Gasteiger partial charge in [-0.2, -0.15) is 0 Å². The van der Waals surface area contributed by atoms with E-state index in [9.17, 15) is 9.59 Å². The number of aryl methyl sites for hydroxylation is 1. The van der Waals surface area contributed by atoms with Crippen LogP contribution in [0.25, 0.3) is 0 Å². The van der Waals surface area contributed by atoms with Gasteiger partial charge in [0.25, 0.3) is 0 Å². The van der Waals surface area contributed by atoms with Crippen molar-refractivity contribution in [2.24, 2.45) is 11.7 Å². The van der Waals surface area contributed by atoms with E-state index < -0.39 is 6.04 Å². The number of anilines is 1. The maximum Gasteiger partial charge on any atom is 0.239 e. The largest absolute Gasteiger partial charge is 0.341 e. The van der Waals surface area contributed by atoms with Crippen LogP contribution in [-0.2, 0) is 9.59 Å². The Bertz CT molecular complexity index is 521. The summed E-state index contributed by atoms with van der Waals surface area (Å²) in [6.07, 6.45) is 3.70. The Kier molecular flexibility index (Phi) is 5.49. The number of likely N-dealkylation sites (tertiary alicyclic amines) is 1. The first kappa shape index (κ1) is 16.4. The molecule has 0 unspecified atom stereocenters. The maximum absolute atomic E-state index is 12.2. The fraction of sp³-hybridized carbons (Fsp3) is 0.562. The first-order valence-corrected chi connectivity index (χ1v) is 7.79. The van der Waals surface area contributed by atoms with Crippen LogP contribution in [0.4, 0.5) is 5.82 Å². The van der Waals surface area contributed by atoms with Crippen molar-refractivity contribution in [3.63, 3.8) is 0 Å². The summed E-state index contributed by atoms with van der Waals surface area (Å²) in [6, 6.07) is 3.28. The summed E-state index contributed by atoms with van der Waals surface area (Å²) in [5.41, 5.74) is 6.83. The van der Waals surface area contributed by atoms with E-state index in [2.05, 4.69) is 10.3 Å². The van der Waals surface area contributed by atoms with Crippen LogP contribution in [-0.4, -0.2) is 40.8 Å². The fourth-order valence-electron chi connectivity index (χ4n) is 2.54. The van der Waals surface area contributed by atoms with Crippen LogP contribution in [0.1, 0.15) is 31.7 Å². The number of rotatable bonds is 4. The number of carbonyl (C=O) groups is 2. The van der Waals surface area contributed by atoms with Gasteiger partial charge in [-0.1, -0.05) is 13.0 Å². The summed E-state index contributed by atoms with van der Waals surface area (Å²) in [7, 11) is 0. The van der Waals surface area contributed by atoms with Crippen LogP contribution in [0.2, 0.25) is 0 Å². The van der Waals surface area contributed by atoms with Crippen molar-refractivity contribution in [2.75, 3.05) is 18.4 Å². The molecule has 120 valence electrons. The van der Waals surface area contributed by atoms with Gasteiger partial charge >= 0.3 is 0 Å². The third kappa shape index (κ3) is 4.04. The molecule has 1 aliphatic heterocycles. The number of hydrogen-bond donors (Lipinski definition) is 2. The van der Waals surface area contributed by atoms with Crippen LogP contribution in [0.15, 0.2) is 18.3 Å². The molecule has 1 aromatic rings. The highest BCUT2D eigenvalue weighted by molar-refractivity contribution is 5.92. The second-order valence-electron chi connectivity index (χ2n) is 5.82. The number of hydrogen-bond acceptors (Lipinski definition) is 4. The lowest BCUT2D eigenvalue weighted by molar-refractivity contribution is -0.135. The predicted molar refractivity (Wildman–Crippen MR) is 85.2 cm³/mol. The molecule has 3 N–H and O–H groups in total. The Morgan fingerprint density at radius 2 is 2.09 bits per heavy atom. The van der Waals surface area contributed by atoms with Gasteiger partial charge in [-0.3, -0.25) is 9.59 Å². The van der Waals surface area contributed by atoms with Gasteiger partial charge in [-0.05, 0) is 37.8 Å². The Morgan fingerprint density at radius 3 is 2.64 bits per heavy atom. The minimum Gasteiger partial charge on any atom is -0.341 e. The predicted octanol–water partition coefficient (Wildman–Crippen LogP) is 1.30. The average Bonchev–Trinajstić information content (AvgIpc) is 2.55. The Labute approximate surface area is 131 Å². The van der Waals surface area contributed by atoms with Gasteiger partial charge in [0, 0.05) is 25.2 Å². The van der Waals surface area contributed by atoms with Crippen LogP contribution < -0.4 is 11.1 Å². The van der Waals surface area contributed by atoms with Gasteiger partial charge < -0.3 is 16.0 Å². The van der Waals surface area contributed by atoms with Crippen molar-refractivity contribution in [3.8, 4) is 0 Å². The van der Waals surface area contributed by atoms with Crippen molar-refractivity contribution in [3.05, 3.63) is 23.9 Å². The molecule has 0 aromatic carbocycles. The highest BCUT2D eigenvalue weighted by Gasteiger charge is 2.29. The lowest BCUT2D eigenvalue weighted by Crippen LogP contribution is -2.48. The van der Waals surface area contributed by atoms with Gasteiger partial charge in [0.05, 0.1) is 6.04 Å². The molecule has 1 aromatic heterocycles. The third-order valence-electron chi connectivity index (χ3n) is 4.10. The molecule has 2 heterocycles. The number of aromatic nitrogens is 1. The van der Waals surface area contributed by atoms with Gasteiger partial charge in [-0.25, -0.2) is 4.98 Å². The maximum atomic E-state index is 12.2. The Hall–Kier alpha value is -1.95. The first-order valence-electron chi connectivity index (χ1n) is 7.79. The van der Waals surface area contributed by atoms with Crippen molar-refractivity contribution < 1.29 is 9.59 Å². The molecule has 2 rings (SSSR count). The molecule has 0 bridgehead atoms. The molecule has 0 spiro atoms. The molecule has 0 radical (unpaired) electrons. The molecule has 1 aliphatic rings. The van der Waals surface area contributed by atoms with Gasteiger partial charge in [0.15, 0.2) is 0 Å². The van der Waals surface area contributed by atoms with Crippen LogP contribution in [0, 0.1) is 12.8 Å².